The van der Waals surface area contributed by atoms with Gasteiger partial charge in [-0.3, -0.25) is 4.79 Å². The summed E-state index contributed by atoms with van der Waals surface area (Å²) in [5.41, 5.74) is -1.06. The van der Waals surface area contributed by atoms with Crippen molar-refractivity contribution in [2.24, 2.45) is 0 Å². The van der Waals surface area contributed by atoms with Gasteiger partial charge in [-0.25, -0.2) is 0 Å². The van der Waals surface area contributed by atoms with Crippen molar-refractivity contribution < 1.29 is 84.3 Å². The smallest absolute Gasteiger partial charge is 0.229 e. The van der Waals surface area contributed by atoms with Crippen molar-refractivity contribution in [2.45, 2.75) is 98.9 Å². The molecule has 0 spiro atoms. The van der Waals surface area contributed by atoms with Gasteiger partial charge in [-0.05, 0) is 6.92 Å². The summed E-state index contributed by atoms with van der Waals surface area (Å²) in [5.74, 6) is -1.30. The predicted molar refractivity (Wildman–Crippen MR) is 168 cm³/mol. The van der Waals surface area contributed by atoms with E-state index in [1.54, 1.807) is 30.3 Å². The first-order valence-corrected chi connectivity index (χ1v) is 16.1. The molecule has 3 saturated heterocycles. The molecule has 4 heterocycles. The molecule has 3 aliphatic heterocycles. The molecule has 0 aliphatic carbocycles. The number of aliphatic hydroxyl groups excluding tert-OH is 10. The van der Waals surface area contributed by atoms with E-state index in [4.69, 9.17) is 28.1 Å². The zero-order valence-corrected chi connectivity index (χ0v) is 26.9. The van der Waals surface area contributed by atoms with Crippen LogP contribution < -0.4 is 10.2 Å². The predicted octanol–water partition coefficient (Wildman–Crippen LogP) is -3.29. The van der Waals surface area contributed by atoms with Gasteiger partial charge >= 0.3 is 0 Å². The van der Waals surface area contributed by atoms with Crippen molar-refractivity contribution in [1.82, 2.24) is 0 Å². The number of hydrogen-bond acceptors (Lipinski definition) is 18. The van der Waals surface area contributed by atoms with Gasteiger partial charge in [0.1, 0.15) is 101 Å². The van der Waals surface area contributed by atoms with Crippen molar-refractivity contribution >= 4 is 11.0 Å². The van der Waals surface area contributed by atoms with Crippen LogP contribution in [-0.2, 0) is 18.9 Å². The van der Waals surface area contributed by atoms with Crippen molar-refractivity contribution in [3.63, 3.8) is 0 Å². The molecule has 11 N–H and O–H groups in total. The normalized spacial score (nSPS) is 38.8. The minimum Gasteiger partial charge on any atom is -0.506 e. The maximum Gasteiger partial charge on any atom is 0.229 e. The highest BCUT2D eigenvalue weighted by Crippen LogP contribution is 2.47. The molecule has 51 heavy (non-hydrogen) atoms. The molecule has 3 fully saturated rings. The molecule has 0 saturated carbocycles. The summed E-state index contributed by atoms with van der Waals surface area (Å²) in [4.78, 5) is 13.6. The molecule has 2 aromatic carbocycles. The fraction of sp³-hybridized carbons (Fsp3) is 0.545. The van der Waals surface area contributed by atoms with E-state index in [-0.39, 0.29) is 11.3 Å². The largest absolute Gasteiger partial charge is 0.506 e. The molecule has 15 atom stereocenters. The van der Waals surface area contributed by atoms with E-state index in [1.807, 2.05) is 0 Å². The number of rotatable bonds is 8. The molecular weight excluding hydrogens is 684 g/mol. The molecule has 280 valence electrons. The minimum absolute atomic E-state index is 0.0753. The van der Waals surface area contributed by atoms with Crippen molar-refractivity contribution in [3.8, 4) is 22.8 Å². The molecule has 0 bridgehead atoms. The van der Waals surface area contributed by atoms with Gasteiger partial charge in [0.25, 0.3) is 0 Å². The van der Waals surface area contributed by atoms with E-state index in [2.05, 4.69) is 0 Å². The van der Waals surface area contributed by atoms with Crippen LogP contribution in [0.25, 0.3) is 22.3 Å². The standard InChI is InChI=1S/C33H40O18/c1-11-21(37)25(41)28(44)32(46-11)51-31-27(43)23(39)17(9-34)48-30(31)20-16(49-33-29(45)26(42)22(38)18(10-35)50-33)8-15-19(24(20)40)13(36)7-14(47-15)12-5-3-2-4-6-12/h2-8,11,17-18,21-23,25-35,37-45H,9-10H2,1H3. The van der Waals surface area contributed by atoms with Crippen LogP contribution in [0.5, 0.6) is 11.5 Å². The van der Waals surface area contributed by atoms with Crippen molar-refractivity contribution in [2.75, 3.05) is 13.2 Å². The van der Waals surface area contributed by atoms with Crippen molar-refractivity contribution in [3.05, 3.63) is 58.3 Å². The maximum atomic E-state index is 13.6. The summed E-state index contributed by atoms with van der Waals surface area (Å²) in [5, 5.41) is 116. The molecule has 0 radical (unpaired) electrons. The number of aliphatic hydroxyl groups is 10. The molecule has 3 aromatic rings. The SMILES string of the molecule is CC1OC(OC2C(c3c(OC4OC(CO)C(O)C(O)C4O)cc4oc(-c5ccccc5)cc(=O)c4c3O)OC(CO)C(O)C2O)C(O)C(O)C1O. The zero-order valence-electron chi connectivity index (χ0n) is 26.9. The van der Waals surface area contributed by atoms with Gasteiger partial charge < -0.3 is 84.3 Å². The number of ether oxygens (including phenoxy) is 5. The molecular formula is C33H40O18. The Morgan fingerprint density at radius 2 is 1.31 bits per heavy atom. The highest BCUT2D eigenvalue weighted by Gasteiger charge is 2.52. The lowest BCUT2D eigenvalue weighted by atomic mass is 9.89. The average Bonchev–Trinajstić information content (AvgIpc) is 3.12. The second kappa shape index (κ2) is 15.0. The van der Waals surface area contributed by atoms with E-state index < -0.39 is 133 Å². The Hall–Kier alpha value is -3.31. The fourth-order valence-electron chi connectivity index (χ4n) is 6.46. The van der Waals surface area contributed by atoms with Crippen LogP contribution in [0.1, 0.15) is 18.6 Å². The first-order chi connectivity index (χ1) is 24.3. The Kier molecular flexibility index (Phi) is 11.0. The van der Waals surface area contributed by atoms with Crippen LogP contribution in [0.2, 0.25) is 0 Å². The summed E-state index contributed by atoms with van der Waals surface area (Å²) in [6, 6.07) is 10.6. The highest BCUT2D eigenvalue weighted by molar-refractivity contribution is 5.88. The highest BCUT2D eigenvalue weighted by atomic mass is 16.7. The first kappa shape index (κ1) is 37.4. The van der Waals surface area contributed by atoms with Gasteiger partial charge in [-0.15, -0.1) is 0 Å². The molecule has 18 heteroatoms. The molecule has 3 aliphatic rings. The summed E-state index contributed by atoms with van der Waals surface area (Å²) >= 11 is 0. The van der Waals surface area contributed by atoms with E-state index in [9.17, 15) is 61.0 Å². The quantitative estimate of drug-likeness (QED) is 0.108. The first-order valence-electron chi connectivity index (χ1n) is 16.1. The Balaban J connectivity index is 1.52. The van der Waals surface area contributed by atoms with E-state index in [0.29, 0.717) is 5.56 Å². The third-order valence-corrected chi connectivity index (χ3v) is 9.40. The average molecular weight is 725 g/mol. The summed E-state index contributed by atoms with van der Waals surface area (Å²) in [6.07, 6.45) is -26.1. The van der Waals surface area contributed by atoms with Gasteiger partial charge in [-0.2, -0.15) is 0 Å². The monoisotopic (exact) mass is 724 g/mol. The Morgan fingerprint density at radius 1 is 0.706 bits per heavy atom. The molecule has 15 unspecified atom stereocenters. The van der Waals surface area contributed by atoms with E-state index in [0.717, 1.165) is 12.1 Å². The molecule has 1 aromatic heterocycles. The number of phenolic OH excluding ortho intramolecular Hbond substituents is 1. The van der Waals surface area contributed by atoms with Crippen LogP contribution in [0.15, 0.2) is 51.7 Å². The minimum atomic E-state index is -1.98. The third kappa shape index (κ3) is 6.85. The van der Waals surface area contributed by atoms with Crippen LogP contribution in [0.3, 0.4) is 0 Å². The van der Waals surface area contributed by atoms with E-state index in [1.165, 1.54) is 6.92 Å². The zero-order chi connectivity index (χ0) is 36.9. The van der Waals surface area contributed by atoms with Crippen molar-refractivity contribution in [1.29, 1.82) is 0 Å². The number of phenols is 1. The van der Waals surface area contributed by atoms with Crippen LogP contribution >= 0.6 is 0 Å². The molecule has 18 nitrogen and oxygen atoms in total. The topological polar surface area (TPSA) is 299 Å². The summed E-state index contributed by atoms with van der Waals surface area (Å²) in [6.45, 7) is -0.336. The van der Waals surface area contributed by atoms with Gasteiger partial charge in [-0.1, -0.05) is 30.3 Å². The summed E-state index contributed by atoms with van der Waals surface area (Å²) < 4.78 is 34.8. The van der Waals surface area contributed by atoms with Gasteiger partial charge in [0, 0.05) is 17.7 Å². The lowest BCUT2D eigenvalue weighted by molar-refractivity contribution is -0.338. The second-order valence-electron chi connectivity index (χ2n) is 12.7. The maximum absolute atomic E-state index is 13.6. The van der Waals surface area contributed by atoms with E-state index >= 15 is 0 Å². The van der Waals surface area contributed by atoms with Crippen LogP contribution in [0.4, 0.5) is 0 Å². The fourth-order valence-corrected chi connectivity index (χ4v) is 6.46. The number of fused-ring (bicyclic) bond motifs is 1. The number of aromatic hydroxyl groups is 1. The van der Waals surface area contributed by atoms with Crippen LogP contribution in [-0.4, -0.2) is 155 Å². The Morgan fingerprint density at radius 3 is 1.98 bits per heavy atom. The van der Waals surface area contributed by atoms with Gasteiger partial charge in [0.05, 0.1) is 24.9 Å². The second-order valence-corrected chi connectivity index (χ2v) is 12.7. The molecule has 6 rings (SSSR count). The van der Waals surface area contributed by atoms with Gasteiger partial charge in [0.2, 0.25) is 6.29 Å². The number of benzene rings is 2. The van der Waals surface area contributed by atoms with Gasteiger partial charge in [0.15, 0.2) is 11.7 Å². The lowest BCUT2D eigenvalue weighted by Gasteiger charge is -2.46. The lowest BCUT2D eigenvalue weighted by Crippen LogP contribution is -2.62. The number of hydrogen-bond donors (Lipinski definition) is 11. The summed E-state index contributed by atoms with van der Waals surface area (Å²) in [7, 11) is 0. The van der Waals surface area contributed by atoms with Crippen LogP contribution in [0, 0.1) is 0 Å². The Labute approximate surface area is 288 Å². The molecule has 0 amide bonds. The Bertz CT molecular complexity index is 1720. The third-order valence-electron chi connectivity index (χ3n) is 9.40.